The maximum atomic E-state index is 11.9. The highest BCUT2D eigenvalue weighted by Crippen LogP contribution is 2.44. The first-order chi connectivity index (χ1) is 38.1. The van der Waals surface area contributed by atoms with E-state index < -0.39 is 0 Å². The molecule has 0 spiro atoms. The van der Waals surface area contributed by atoms with Gasteiger partial charge in [-0.2, -0.15) is 5.26 Å². The topological polar surface area (TPSA) is 64.4 Å². The Morgan fingerprint density at radius 1 is 0.273 bits per heavy atom. The summed E-state index contributed by atoms with van der Waals surface area (Å²) >= 11 is 0. The molecule has 0 aliphatic rings. The summed E-state index contributed by atoms with van der Waals surface area (Å²) in [5.74, 6) is 0. The fourth-order valence-corrected chi connectivity index (χ4v) is 11.8. The summed E-state index contributed by atoms with van der Waals surface area (Å²) in [6.45, 7) is 0. The van der Waals surface area contributed by atoms with Gasteiger partial charge in [0.25, 0.3) is 0 Å². The van der Waals surface area contributed by atoms with Gasteiger partial charge in [0, 0.05) is 39.6 Å². The van der Waals surface area contributed by atoms with E-state index in [1.54, 1.807) is 0 Å². The van der Waals surface area contributed by atoms with Crippen molar-refractivity contribution in [1.82, 2.24) is 23.7 Å². The number of fused-ring (bicyclic) bond motifs is 9. The summed E-state index contributed by atoms with van der Waals surface area (Å²) < 4.78 is 6.88. The van der Waals surface area contributed by atoms with Crippen LogP contribution in [0.4, 0.5) is 0 Å². The lowest BCUT2D eigenvalue weighted by Crippen LogP contribution is -2.05. The van der Waals surface area contributed by atoms with E-state index in [2.05, 4.69) is 262 Å². The lowest BCUT2D eigenvalue weighted by atomic mass is 9.99. The minimum atomic E-state index is 0.562. The number of rotatable bonds is 8. The molecule has 0 saturated carbocycles. The van der Waals surface area contributed by atoms with Gasteiger partial charge in [-0.15, -0.1) is 0 Å². The quantitative estimate of drug-likeness (QED) is 0.152. The molecule has 15 rings (SSSR count). The number of nitriles is 1. The summed E-state index contributed by atoms with van der Waals surface area (Å²) in [7, 11) is 0. The lowest BCUT2D eigenvalue weighted by molar-refractivity contribution is 1.12. The van der Waals surface area contributed by atoms with Crippen molar-refractivity contribution < 1.29 is 0 Å². The molecule has 358 valence electrons. The van der Waals surface area contributed by atoms with E-state index in [1.165, 1.54) is 0 Å². The molecule has 6 heteroatoms. The second-order valence-electron chi connectivity index (χ2n) is 19.7. The van der Waals surface area contributed by atoms with E-state index in [0.29, 0.717) is 5.56 Å². The Hall–Kier alpha value is -10.6. The summed E-state index contributed by atoms with van der Waals surface area (Å²) in [4.78, 5) is 9.52. The zero-order valence-corrected chi connectivity index (χ0v) is 41.6. The molecular weight excluding hydrogens is 937 g/mol. The summed E-state index contributed by atoms with van der Waals surface area (Å²) in [5.41, 5.74) is 22.0. The number of nitrogens with zero attached hydrogens (tertiary/aromatic N) is 6. The second-order valence-corrected chi connectivity index (χ2v) is 19.7. The van der Waals surface area contributed by atoms with Crippen molar-refractivity contribution in [3.8, 4) is 78.8 Å². The highest BCUT2D eigenvalue weighted by molar-refractivity contribution is 6.14. The second kappa shape index (κ2) is 17.8. The van der Waals surface area contributed by atoms with Crippen molar-refractivity contribution in [2.24, 2.45) is 0 Å². The van der Waals surface area contributed by atoms with Crippen LogP contribution in [0.1, 0.15) is 5.56 Å². The average molecular weight is 981 g/mol. The van der Waals surface area contributed by atoms with Crippen LogP contribution in [0, 0.1) is 11.3 Å². The molecule has 0 aliphatic carbocycles. The Morgan fingerprint density at radius 3 is 0.935 bits per heavy atom. The lowest BCUT2D eigenvalue weighted by Gasteiger charge is -2.19. The van der Waals surface area contributed by atoms with Crippen LogP contribution < -0.4 is 0 Å². The number of hydrogen-bond donors (Lipinski definition) is 0. The standard InChI is InChI=1S/C71H44N6/c72-45-61-68(76-62-33-27-51(46-15-5-1-6-16-46)39-57(62)58-40-52(28-34-63(58)76)47-17-7-2-8-18-47)43-55(50-25-31-56(32-26-50)75-66-23-13-37-73-70(66)71-67(75)24-14-38-74-71)44-69(61)77-64-35-29-53(48-19-9-3-10-20-48)41-59(64)60-42-54(30-36-65(60)77)49-21-11-4-12-22-49/h1-44H. The number of hydrogen-bond acceptors (Lipinski definition) is 3. The average Bonchev–Trinajstić information content (AvgIpc) is 4.36. The number of aromatic nitrogens is 5. The van der Waals surface area contributed by atoms with Crippen molar-refractivity contribution in [3.63, 3.8) is 0 Å². The maximum Gasteiger partial charge on any atom is 0.115 e. The van der Waals surface area contributed by atoms with Crippen LogP contribution in [0.3, 0.4) is 0 Å². The van der Waals surface area contributed by atoms with E-state index >= 15 is 0 Å². The van der Waals surface area contributed by atoms with Crippen molar-refractivity contribution in [2.75, 3.05) is 0 Å². The van der Waals surface area contributed by atoms with Gasteiger partial charge in [0.1, 0.15) is 22.7 Å². The van der Waals surface area contributed by atoms with Gasteiger partial charge in [-0.3, -0.25) is 9.97 Å². The molecule has 0 atom stereocenters. The zero-order chi connectivity index (χ0) is 51.0. The number of pyridine rings is 2. The molecule has 0 N–H and O–H groups in total. The molecule has 10 aromatic carbocycles. The fourth-order valence-electron chi connectivity index (χ4n) is 11.8. The van der Waals surface area contributed by atoms with E-state index in [9.17, 15) is 5.26 Å². The van der Waals surface area contributed by atoms with Crippen LogP contribution in [0.2, 0.25) is 0 Å². The smallest absolute Gasteiger partial charge is 0.115 e. The third kappa shape index (κ3) is 7.17. The Morgan fingerprint density at radius 2 is 0.597 bits per heavy atom. The van der Waals surface area contributed by atoms with Gasteiger partial charge in [0.15, 0.2) is 0 Å². The van der Waals surface area contributed by atoms with Crippen LogP contribution in [-0.2, 0) is 0 Å². The molecule has 5 aromatic heterocycles. The van der Waals surface area contributed by atoms with Gasteiger partial charge >= 0.3 is 0 Å². The molecule has 0 radical (unpaired) electrons. The summed E-state index contributed by atoms with van der Waals surface area (Å²) in [5, 5.41) is 16.4. The van der Waals surface area contributed by atoms with Gasteiger partial charge < -0.3 is 13.7 Å². The van der Waals surface area contributed by atoms with Crippen molar-refractivity contribution >= 4 is 65.7 Å². The molecule has 0 saturated heterocycles. The van der Waals surface area contributed by atoms with Crippen LogP contribution in [0.25, 0.3) is 138 Å². The van der Waals surface area contributed by atoms with Crippen LogP contribution in [0.15, 0.2) is 267 Å². The minimum absolute atomic E-state index is 0.562. The van der Waals surface area contributed by atoms with Crippen LogP contribution in [-0.4, -0.2) is 23.7 Å². The normalized spacial score (nSPS) is 11.6. The maximum absolute atomic E-state index is 11.9. The molecule has 77 heavy (non-hydrogen) atoms. The zero-order valence-electron chi connectivity index (χ0n) is 41.6. The molecule has 6 nitrogen and oxygen atoms in total. The largest absolute Gasteiger partial charge is 0.308 e. The Labute approximate surface area is 443 Å². The van der Waals surface area contributed by atoms with E-state index in [1.807, 2.05) is 24.5 Å². The van der Waals surface area contributed by atoms with Gasteiger partial charge in [-0.05, 0) is 153 Å². The first-order valence-electron chi connectivity index (χ1n) is 25.9. The van der Waals surface area contributed by atoms with Gasteiger partial charge in [0.2, 0.25) is 0 Å². The monoisotopic (exact) mass is 980 g/mol. The highest BCUT2D eigenvalue weighted by Gasteiger charge is 2.24. The molecular formula is C71H44N6. The Bertz CT molecular complexity index is 4360. The fraction of sp³-hybridized carbons (Fsp3) is 0. The summed E-state index contributed by atoms with van der Waals surface area (Å²) in [6, 6.07) is 93.5. The van der Waals surface area contributed by atoms with Crippen molar-refractivity contribution in [3.05, 3.63) is 273 Å². The van der Waals surface area contributed by atoms with E-state index in [-0.39, 0.29) is 0 Å². The van der Waals surface area contributed by atoms with Crippen LogP contribution in [0.5, 0.6) is 0 Å². The van der Waals surface area contributed by atoms with Crippen molar-refractivity contribution in [2.45, 2.75) is 0 Å². The van der Waals surface area contributed by atoms with E-state index in [0.717, 1.165) is 138 Å². The van der Waals surface area contributed by atoms with Crippen molar-refractivity contribution in [1.29, 1.82) is 5.26 Å². The Kier molecular flexibility index (Phi) is 10.2. The minimum Gasteiger partial charge on any atom is -0.308 e. The molecule has 0 aliphatic heterocycles. The first kappa shape index (κ1) is 43.9. The summed E-state index contributed by atoms with van der Waals surface area (Å²) in [6.07, 6.45) is 3.65. The number of benzene rings is 10. The predicted molar refractivity (Wildman–Crippen MR) is 317 cm³/mol. The third-order valence-electron chi connectivity index (χ3n) is 15.4. The molecule has 0 unspecified atom stereocenters. The third-order valence-corrected chi connectivity index (χ3v) is 15.4. The van der Waals surface area contributed by atoms with Crippen LogP contribution >= 0.6 is 0 Å². The molecule has 15 aromatic rings. The molecule has 0 bridgehead atoms. The SMILES string of the molecule is N#Cc1c(-n2c3ccc(-c4ccccc4)cc3c3cc(-c4ccccc4)ccc32)cc(-c2ccc(-n3c4cccnc4c4ncccc43)cc2)cc1-n1c2ccc(-c3ccccc3)cc2c2cc(-c3ccccc3)ccc21. The first-order valence-corrected chi connectivity index (χ1v) is 25.9. The predicted octanol–water partition coefficient (Wildman–Crippen LogP) is 18.0. The van der Waals surface area contributed by atoms with Gasteiger partial charge in [0.05, 0.1) is 44.5 Å². The highest BCUT2D eigenvalue weighted by atomic mass is 15.0. The van der Waals surface area contributed by atoms with E-state index in [4.69, 9.17) is 9.97 Å². The van der Waals surface area contributed by atoms with Gasteiger partial charge in [-0.1, -0.05) is 158 Å². The van der Waals surface area contributed by atoms with Gasteiger partial charge in [-0.25, -0.2) is 0 Å². The Balaban J connectivity index is 1.02. The molecule has 5 heterocycles. The molecule has 0 amide bonds. The molecule has 0 fully saturated rings.